The van der Waals surface area contributed by atoms with Gasteiger partial charge in [0.25, 0.3) is 0 Å². The van der Waals surface area contributed by atoms with Gasteiger partial charge < -0.3 is 30.5 Å². The van der Waals surface area contributed by atoms with Crippen LogP contribution in [0.25, 0.3) is 10.9 Å². The zero-order valence-electron chi connectivity index (χ0n) is 26.4. The molecule has 0 bridgehead atoms. The van der Waals surface area contributed by atoms with Crippen LogP contribution < -0.4 is 20.8 Å². The summed E-state index contributed by atoms with van der Waals surface area (Å²) in [4.78, 5) is 74.0. The Kier molecular flexibility index (Phi) is 11.4. The van der Waals surface area contributed by atoms with Gasteiger partial charge in [-0.3, -0.25) is 19.2 Å². The molecular weight excluding hydrogens is 562 g/mol. The largest absolute Gasteiger partial charge is 0.417 e. The Balaban J connectivity index is 1.68. The third-order valence-corrected chi connectivity index (χ3v) is 9.03. The number of piperidine rings is 1. The number of aromatic nitrogens is 1. The molecule has 5 atom stereocenters. The predicted molar refractivity (Wildman–Crippen MR) is 167 cm³/mol. The van der Waals surface area contributed by atoms with Gasteiger partial charge in [-0.25, -0.2) is 0 Å². The molecule has 0 saturated carbocycles. The maximum atomic E-state index is 14.0. The number of amides is 4. The number of benzene rings is 1. The Morgan fingerprint density at radius 1 is 0.977 bits per heavy atom. The number of unbranched alkanes of at least 4 members (excludes halogenated alkanes) is 2. The normalized spacial score (nSPS) is 24.0. The summed E-state index contributed by atoms with van der Waals surface area (Å²) in [5.74, 6) is -1.59. The van der Waals surface area contributed by atoms with Crippen LogP contribution in [-0.2, 0) is 30.4 Å². The first kappa shape index (κ1) is 33.0. The van der Waals surface area contributed by atoms with E-state index in [2.05, 4.69) is 16.0 Å². The van der Waals surface area contributed by atoms with E-state index in [4.69, 9.17) is 4.84 Å². The first-order chi connectivity index (χ1) is 21.1. The number of carbonyl (C=O) groups excluding carboxylic acids is 5. The highest BCUT2D eigenvalue weighted by Gasteiger charge is 2.40. The molecule has 44 heavy (non-hydrogen) atoms. The molecule has 11 heteroatoms. The number of carbonyl (C=O) groups is 5. The minimum Gasteiger partial charge on any atom is -0.417 e. The van der Waals surface area contributed by atoms with Crippen LogP contribution in [-0.4, -0.2) is 76.9 Å². The summed E-state index contributed by atoms with van der Waals surface area (Å²) < 4.78 is 1.62. The zero-order chi connectivity index (χ0) is 31.8. The molecule has 3 N–H and O–H groups in total. The third-order valence-electron chi connectivity index (χ3n) is 9.03. The Morgan fingerprint density at radius 2 is 1.70 bits per heavy atom. The SMILES string of the molecule is CCC(C)[C@@H]1NC(=O)[C@H](Cc2cn(OC)c3ccccc23)NC(=O)[C@H](CCCCCC(C)=O)NC(=O)[C@H]2CCCCN2C1=O. The van der Waals surface area contributed by atoms with Gasteiger partial charge in [-0.1, -0.05) is 51.3 Å². The molecule has 2 saturated heterocycles. The third kappa shape index (κ3) is 7.78. The Hall–Kier alpha value is -3.89. The highest BCUT2D eigenvalue weighted by molar-refractivity contribution is 5.98. The van der Waals surface area contributed by atoms with E-state index in [1.807, 2.05) is 38.1 Å². The lowest BCUT2D eigenvalue weighted by Crippen LogP contribution is -2.64. The summed E-state index contributed by atoms with van der Waals surface area (Å²) in [5, 5.41) is 9.72. The molecule has 1 aromatic carbocycles. The first-order valence-electron chi connectivity index (χ1n) is 16.0. The molecule has 2 aliphatic rings. The number of nitrogens with one attached hydrogen (secondary N) is 3. The molecule has 0 radical (unpaired) electrons. The molecule has 2 aliphatic heterocycles. The van der Waals surface area contributed by atoms with E-state index in [-0.39, 0.29) is 29.9 Å². The lowest BCUT2D eigenvalue weighted by atomic mass is 9.93. The van der Waals surface area contributed by atoms with E-state index in [1.54, 1.807) is 29.9 Å². The van der Waals surface area contributed by atoms with Crippen LogP contribution in [0.1, 0.15) is 84.1 Å². The quantitative estimate of drug-likeness (QED) is 0.335. The van der Waals surface area contributed by atoms with E-state index in [0.717, 1.165) is 35.7 Å². The van der Waals surface area contributed by atoms with Crippen LogP contribution in [0.5, 0.6) is 0 Å². The second-order valence-corrected chi connectivity index (χ2v) is 12.2. The Bertz CT molecular complexity index is 1360. The van der Waals surface area contributed by atoms with Gasteiger partial charge in [0.1, 0.15) is 37.1 Å². The maximum absolute atomic E-state index is 14.0. The standard InChI is InChI=1S/C33H47N5O6/c1-5-21(2)29-33(43)37-18-12-11-17-28(37)32(42)34-25(15-8-6-7-13-22(3)39)30(40)35-26(31(41)36-29)19-23-20-38(44-4)27-16-10-9-14-24(23)27/h9-10,14,16,20-21,25-26,28-29H,5-8,11-13,15,17-19H2,1-4H3,(H,34,42)(H,35,40)(H,36,41)/t21?,25-,26-,28+,29-/m0/s1. The predicted octanol–water partition coefficient (Wildman–Crippen LogP) is 2.68. The lowest BCUT2D eigenvalue weighted by molar-refractivity contribution is -0.147. The van der Waals surface area contributed by atoms with Crippen LogP contribution in [0.2, 0.25) is 0 Å². The number of Topliss-reactive ketones (excluding diaryl/α,β-unsaturated/α-hetero) is 1. The number of hydrogen-bond acceptors (Lipinski definition) is 6. The summed E-state index contributed by atoms with van der Waals surface area (Å²) in [6.45, 7) is 5.84. The molecular formula is C33H47N5O6. The second kappa shape index (κ2) is 15.2. The minimum atomic E-state index is -1.01. The van der Waals surface area contributed by atoms with Crippen molar-refractivity contribution in [1.82, 2.24) is 25.6 Å². The van der Waals surface area contributed by atoms with Crippen molar-refractivity contribution in [3.63, 3.8) is 0 Å². The van der Waals surface area contributed by atoms with Crippen molar-refractivity contribution in [3.05, 3.63) is 36.0 Å². The van der Waals surface area contributed by atoms with Gasteiger partial charge >= 0.3 is 0 Å². The molecule has 240 valence electrons. The van der Waals surface area contributed by atoms with Gasteiger partial charge in [-0.15, -0.1) is 0 Å². The number of fused-ring (bicyclic) bond motifs is 2. The van der Waals surface area contributed by atoms with Crippen LogP contribution in [0, 0.1) is 5.92 Å². The van der Waals surface area contributed by atoms with Gasteiger partial charge in [0.15, 0.2) is 0 Å². The maximum Gasteiger partial charge on any atom is 0.246 e. The number of nitrogens with zero attached hydrogens (tertiary/aromatic N) is 2. The summed E-state index contributed by atoms with van der Waals surface area (Å²) in [6, 6.07) is 4.20. The summed E-state index contributed by atoms with van der Waals surface area (Å²) in [5.41, 5.74) is 1.62. The van der Waals surface area contributed by atoms with Gasteiger partial charge in [-0.05, 0) is 56.6 Å². The van der Waals surface area contributed by atoms with Gasteiger partial charge in [0, 0.05) is 31.0 Å². The average molecular weight is 610 g/mol. The van der Waals surface area contributed by atoms with Gasteiger partial charge in [0.05, 0.1) is 5.52 Å². The summed E-state index contributed by atoms with van der Waals surface area (Å²) in [6.07, 6.45) is 7.52. The summed E-state index contributed by atoms with van der Waals surface area (Å²) in [7, 11) is 1.56. The molecule has 2 aromatic rings. The number of para-hydroxylation sites is 1. The molecule has 4 amide bonds. The first-order valence-corrected chi connectivity index (χ1v) is 16.0. The Labute approximate surface area is 259 Å². The monoisotopic (exact) mass is 609 g/mol. The molecule has 4 rings (SSSR count). The zero-order valence-corrected chi connectivity index (χ0v) is 26.4. The average Bonchev–Trinajstić information content (AvgIpc) is 3.38. The molecule has 0 spiro atoms. The van der Waals surface area contributed by atoms with Crippen molar-refractivity contribution in [2.45, 2.75) is 109 Å². The molecule has 3 heterocycles. The highest BCUT2D eigenvalue weighted by atomic mass is 16.6. The van der Waals surface area contributed by atoms with E-state index >= 15 is 0 Å². The molecule has 11 nitrogen and oxygen atoms in total. The topological polar surface area (TPSA) is 139 Å². The van der Waals surface area contributed by atoms with Gasteiger partial charge in [-0.2, -0.15) is 4.73 Å². The fraction of sp³-hybridized carbons (Fsp3) is 0.606. The van der Waals surface area contributed by atoms with Crippen molar-refractivity contribution in [2.75, 3.05) is 13.7 Å². The second-order valence-electron chi connectivity index (χ2n) is 12.2. The number of hydrogen-bond donors (Lipinski definition) is 3. The number of rotatable bonds is 11. The van der Waals surface area contributed by atoms with E-state index in [9.17, 15) is 24.0 Å². The van der Waals surface area contributed by atoms with Crippen molar-refractivity contribution >= 4 is 40.3 Å². The molecule has 2 fully saturated rings. The van der Waals surface area contributed by atoms with Crippen molar-refractivity contribution < 1.29 is 28.8 Å². The fourth-order valence-corrected chi connectivity index (χ4v) is 6.25. The smallest absolute Gasteiger partial charge is 0.246 e. The lowest BCUT2D eigenvalue weighted by Gasteiger charge is -2.39. The fourth-order valence-electron chi connectivity index (χ4n) is 6.25. The van der Waals surface area contributed by atoms with Crippen LogP contribution in [0.15, 0.2) is 30.5 Å². The van der Waals surface area contributed by atoms with Crippen LogP contribution in [0.4, 0.5) is 0 Å². The van der Waals surface area contributed by atoms with Crippen LogP contribution >= 0.6 is 0 Å². The van der Waals surface area contributed by atoms with Gasteiger partial charge in [0.2, 0.25) is 23.6 Å². The van der Waals surface area contributed by atoms with E-state index in [1.165, 1.54) is 0 Å². The number of ketones is 1. The van der Waals surface area contributed by atoms with Crippen molar-refractivity contribution in [3.8, 4) is 0 Å². The minimum absolute atomic E-state index is 0.114. The van der Waals surface area contributed by atoms with E-state index in [0.29, 0.717) is 45.1 Å². The van der Waals surface area contributed by atoms with E-state index < -0.39 is 36.0 Å². The molecule has 1 aromatic heterocycles. The van der Waals surface area contributed by atoms with Crippen LogP contribution in [0.3, 0.4) is 0 Å². The molecule has 1 unspecified atom stereocenters. The highest BCUT2D eigenvalue weighted by Crippen LogP contribution is 2.24. The summed E-state index contributed by atoms with van der Waals surface area (Å²) >= 11 is 0. The van der Waals surface area contributed by atoms with Crippen molar-refractivity contribution in [2.24, 2.45) is 5.92 Å². The Morgan fingerprint density at radius 3 is 2.43 bits per heavy atom. The molecule has 0 aliphatic carbocycles. The van der Waals surface area contributed by atoms with Crippen molar-refractivity contribution in [1.29, 1.82) is 0 Å².